The van der Waals surface area contributed by atoms with Crippen molar-refractivity contribution in [3.05, 3.63) is 34.5 Å². The fourth-order valence-corrected chi connectivity index (χ4v) is 2.08. The molecule has 1 N–H and O–H groups in total. The quantitative estimate of drug-likeness (QED) is 0.853. The first kappa shape index (κ1) is 14.6. The summed E-state index contributed by atoms with van der Waals surface area (Å²) in [7, 11) is 0. The molecule has 0 saturated carbocycles. The molecule has 1 aliphatic rings. The molecule has 108 valence electrons. The zero-order valence-corrected chi connectivity index (χ0v) is 10.9. The van der Waals surface area contributed by atoms with Crippen LogP contribution in [0.3, 0.4) is 0 Å². The minimum Gasteiger partial charge on any atom is -0.478 e. The zero-order valence-electron chi connectivity index (χ0n) is 10.1. The van der Waals surface area contributed by atoms with Crippen molar-refractivity contribution >= 4 is 23.4 Å². The van der Waals surface area contributed by atoms with Gasteiger partial charge in [0.05, 0.1) is 10.6 Å². The van der Waals surface area contributed by atoms with Gasteiger partial charge in [0.1, 0.15) is 5.82 Å². The Hall–Kier alpha value is -1.76. The molecule has 0 saturated heterocycles. The Morgan fingerprint density at radius 2 is 2.15 bits per heavy atom. The van der Waals surface area contributed by atoms with Crippen molar-refractivity contribution in [3.8, 4) is 0 Å². The monoisotopic (exact) mass is 306 g/mol. The van der Waals surface area contributed by atoms with Crippen molar-refractivity contribution in [2.45, 2.75) is 12.6 Å². The number of hydrogen-bond donors (Lipinski definition) is 1. The molecule has 0 radical (unpaired) electrons. The fourth-order valence-electron chi connectivity index (χ4n) is 1.90. The Bertz CT molecular complexity index is 572. The van der Waals surface area contributed by atoms with Crippen LogP contribution < -0.4 is 4.90 Å². The maximum atomic E-state index is 12.5. The van der Waals surface area contributed by atoms with Gasteiger partial charge in [-0.15, -0.1) is 0 Å². The van der Waals surface area contributed by atoms with Gasteiger partial charge < -0.3 is 10.0 Å². The zero-order chi connectivity index (χ0) is 14.9. The molecule has 1 aromatic rings. The number of aromatic nitrogens is 1. The predicted molar refractivity (Wildman–Crippen MR) is 67.2 cm³/mol. The molecule has 0 aliphatic carbocycles. The third-order valence-electron chi connectivity index (χ3n) is 2.97. The van der Waals surface area contributed by atoms with Gasteiger partial charge in [-0.05, 0) is 12.5 Å². The number of anilines is 1. The molecule has 1 aliphatic heterocycles. The first-order chi connectivity index (χ1) is 9.29. The largest absolute Gasteiger partial charge is 0.478 e. The van der Waals surface area contributed by atoms with E-state index < -0.39 is 17.7 Å². The fraction of sp³-hybridized carbons (Fsp3) is 0.333. The van der Waals surface area contributed by atoms with Crippen LogP contribution in [0.15, 0.2) is 23.9 Å². The number of carbonyl (C=O) groups is 1. The number of pyridine rings is 1. The maximum absolute atomic E-state index is 12.5. The standard InChI is InChI=1S/C12H10ClF3N2O2/c13-9-6-17-10(5-8(9)11(19)20)18-3-1-7(2-4-18)12(14,15)16/h1,5-6H,2-4H2,(H,19,20). The number of rotatable bonds is 2. The summed E-state index contributed by atoms with van der Waals surface area (Å²) in [4.78, 5) is 16.5. The lowest BCUT2D eigenvalue weighted by atomic mass is 10.1. The summed E-state index contributed by atoms with van der Waals surface area (Å²) in [5.74, 6) is -0.911. The van der Waals surface area contributed by atoms with Gasteiger partial charge in [-0.2, -0.15) is 13.2 Å². The summed E-state index contributed by atoms with van der Waals surface area (Å²) in [5, 5.41) is 8.94. The highest BCUT2D eigenvalue weighted by Gasteiger charge is 2.35. The minimum absolute atomic E-state index is 0.00946. The summed E-state index contributed by atoms with van der Waals surface area (Å²) in [6.45, 7) is 0.154. The Labute approximate surface area is 117 Å². The molecule has 20 heavy (non-hydrogen) atoms. The van der Waals surface area contributed by atoms with Crippen molar-refractivity contribution in [2.24, 2.45) is 0 Å². The molecule has 0 aromatic carbocycles. The van der Waals surface area contributed by atoms with Gasteiger partial charge in [-0.3, -0.25) is 0 Å². The summed E-state index contributed by atoms with van der Waals surface area (Å²) in [6.07, 6.45) is -2.20. The Morgan fingerprint density at radius 1 is 1.45 bits per heavy atom. The lowest BCUT2D eigenvalue weighted by Crippen LogP contribution is -2.32. The molecule has 0 spiro atoms. The van der Waals surface area contributed by atoms with Gasteiger partial charge in [-0.25, -0.2) is 9.78 Å². The van der Waals surface area contributed by atoms with Crippen molar-refractivity contribution in [2.75, 3.05) is 18.0 Å². The first-order valence-electron chi connectivity index (χ1n) is 5.69. The molecule has 8 heteroatoms. The van der Waals surface area contributed by atoms with E-state index in [1.807, 2.05) is 0 Å². The lowest BCUT2D eigenvalue weighted by molar-refractivity contribution is -0.0944. The number of carboxylic acid groups (broad SMARTS) is 1. The Balaban J connectivity index is 2.21. The summed E-state index contributed by atoms with van der Waals surface area (Å²) in [5.41, 5.74) is -0.691. The van der Waals surface area contributed by atoms with Crippen LogP contribution in [-0.4, -0.2) is 35.3 Å². The van der Waals surface area contributed by atoms with E-state index in [0.29, 0.717) is 5.82 Å². The second-order valence-electron chi connectivity index (χ2n) is 4.25. The average molecular weight is 307 g/mol. The molecule has 0 amide bonds. The molecular weight excluding hydrogens is 297 g/mol. The van der Waals surface area contributed by atoms with Crippen molar-refractivity contribution in [1.82, 2.24) is 4.98 Å². The average Bonchev–Trinajstić information content (AvgIpc) is 2.38. The highest BCUT2D eigenvalue weighted by molar-refractivity contribution is 6.33. The van der Waals surface area contributed by atoms with E-state index >= 15 is 0 Å². The van der Waals surface area contributed by atoms with Gasteiger partial charge in [0.2, 0.25) is 0 Å². The Kier molecular flexibility index (Phi) is 3.89. The Morgan fingerprint density at radius 3 is 2.65 bits per heavy atom. The van der Waals surface area contributed by atoms with Crippen LogP contribution in [0.4, 0.5) is 19.0 Å². The van der Waals surface area contributed by atoms with Gasteiger partial charge in [-0.1, -0.05) is 17.7 Å². The molecular formula is C12H10ClF3N2O2. The van der Waals surface area contributed by atoms with Crippen molar-refractivity contribution in [3.63, 3.8) is 0 Å². The molecule has 0 fully saturated rings. The van der Waals surface area contributed by atoms with Gasteiger partial charge >= 0.3 is 12.1 Å². The summed E-state index contributed by atoms with van der Waals surface area (Å²) in [6, 6.07) is 1.26. The van der Waals surface area contributed by atoms with Crippen LogP contribution in [0.1, 0.15) is 16.8 Å². The summed E-state index contributed by atoms with van der Waals surface area (Å²) < 4.78 is 37.5. The van der Waals surface area contributed by atoms with Gasteiger partial charge in [0.15, 0.2) is 0 Å². The third kappa shape index (κ3) is 3.04. The first-order valence-corrected chi connectivity index (χ1v) is 6.07. The topological polar surface area (TPSA) is 53.4 Å². The van der Waals surface area contributed by atoms with Crippen LogP contribution in [0.5, 0.6) is 0 Å². The number of carboxylic acids is 1. The van der Waals surface area contributed by atoms with E-state index in [9.17, 15) is 18.0 Å². The second kappa shape index (κ2) is 5.32. The van der Waals surface area contributed by atoms with Crippen LogP contribution in [0.25, 0.3) is 0 Å². The number of alkyl halides is 3. The lowest BCUT2D eigenvalue weighted by Gasteiger charge is -2.28. The van der Waals surface area contributed by atoms with E-state index in [1.165, 1.54) is 12.3 Å². The van der Waals surface area contributed by atoms with Crippen LogP contribution >= 0.6 is 11.6 Å². The van der Waals surface area contributed by atoms with Crippen molar-refractivity contribution in [1.29, 1.82) is 0 Å². The molecule has 2 heterocycles. The van der Waals surface area contributed by atoms with Crippen LogP contribution in [0, 0.1) is 0 Å². The van der Waals surface area contributed by atoms with E-state index in [1.54, 1.807) is 4.90 Å². The number of nitrogens with zero attached hydrogens (tertiary/aromatic N) is 2. The number of hydrogen-bond acceptors (Lipinski definition) is 3. The molecule has 4 nitrogen and oxygen atoms in total. The maximum Gasteiger partial charge on any atom is 0.412 e. The van der Waals surface area contributed by atoms with Crippen LogP contribution in [-0.2, 0) is 0 Å². The predicted octanol–water partition coefficient (Wildman–Crippen LogP) is 3.13. The van der Waals surface area contributed by atoms with Gasteiger partial charge in [0.25, 0.3) is 0 Å². The third-order valence-corrected chi connectivity index (χ3v) is 3.27. The number of halogens is 4. The molecule has 2 rings (SSSR count). The van der Waals surface area contributed by atoms with E-state index in [4.69, 9.17) is 16.7 Å². The number of aromatic carboxylic acids is 1. The normalized spacial score (nSPS) is 16.0. The van der Waals surface area contributed by atoms with Crippen LogP contribution in [0.2, 0.25) is 5.02 Å². The van der Waals surface area contributed by atoms with Gasteiger partial charge in [0, 0.05) is 24.9 Å². The smallest absolute Gasteiger partial charge is 0.412 e. The van der Waals surface area contributed by atoms with E-state index in [2.05, 4.69) is 4.98 Å². The summed E-state index contributed by atoms with van der Waals surface area (Å²) >= 11 is 5.69. The minimum atomic E-state index is -4.31. The van der Waals surface area contributed by atoms with E-state index in [-0.39, 0.29) is 30.1 Å². The van der Waals surface area contributed by atoms with E-state index in [0.717, 1.165) is 6.08 Å². The second-order valence-corrected chi connectivity index (χ2v) is 4.66. The van der Waals surface area contributed by atoms with Crippen molar-refractivity contribution < 1.29 is 23.1 Å². The molecule has 1 aromatic heterocycles. The SMILES string of the molecule is O=C(O)c1cc(N2CC=C(C(F)(F)F)CC2)ncc1Cl. The highest BCUT2D eigenvalue weighted by atomic mass is 35.5. The molecule has 0 unspecified atom stereocenters. The highest BCUT2D eigenvalue weighted by Crippen LogP contribution is 2.31. The molecule has 0 bridgehead atoms. The molecule has 0 atom stereocenters.